The van der Waals surface area contributed by atoms with Gasteiger partial charge in [-0.15, -0.1) is 5.10 Å². The second-order valence-corrected chi connectivity index (χ2v) is 5.29. The summed E-state index contributed by atoms with van der Waals surface area (Å²) in [7, 11) is 0. The van der Waals surface area contributed by atoms with E-state index in [1.165, 1.54) is 0 Å². The van der Waals surface area contributed by atoms with E-state index in [1.807, 2.05) is 24.3 Å². The molecular formula is C13H18N4OS. The summed E-state index contributed by atoms with van der Waals surface area (Å²) in [5, 5.41) is 7.31. The van der Waals surface area contributed by atoms with Crippen LogP contribution in [-0.2, 0) is 12.3 Å². The van der Waals surface area contributed by atoms with Crippen molar-refractivity contribution in [3.63, 3.8) is 0 Å². The van der Waals surface area contributed by atoms with Crippen LogP contribution in [0.2, 0.25) is 0 Å². The van der Waals surface area contributed by atoms with Crippen LogP contribution in [0.4, 0.5) is 5.69 Å². The third kappa shape index (κ3) is 3.64. The Kier molecular flexibility index (Phi) is 4.68. The number of aromatic amines is 1. The van der Waals surface area contributed by atoms with Crippen LogP contribution < -0.4 is 11.4 Å². The highest BCUT2D eigenvalue weighted by molar-refractivity contribution is 7.98. The Balaban J connectivity index is 2.05. The highest BCUT2D eigenvalue weighted by Gasteiger charge is 2.08. The maximum Gasteiger partial charge on any atom is 0.343 e. The molecule has 1 aromatic heterocycles. The molecule has 0 bridgehead atoms. The normalized spacial score (nSPS) is 10.8. The fourth-order valence-electron chi connectivity index (χ4n) is 1.76. The first kappa shape index (κ1) is 13.7. The standard InChI is InChI=1S/C13H18N4OS/c1-2-3-7-17-12(18)15-16-13(17)19-9-10-5-4-6-11(14)8-10/h4-6,8H,2-3,7,9,14H2,1H3,(H,15,18). The maximum absolute atomic E-state index is 11.6. The Bertz CT molecular complexity index is 590. The summed E-state index contributed by atoms with van der Waals surface area (Å²) in [6, 6.07) is 7.75. The fourth-order valence-corrected chi connectivity index (χ4v) is 2.67. The summed E-state index contributed by atoms with van der Waals surface area (Å²) in [4.78, 5) is 11.6. The molecule has 3 N–H and O–H groups in total. The van der Waals surface area contributed by atoms with Gasteiger partial charge in [-0.3, -0.25) is 4.57 Å². The van der Waals surface area contributed by atoms with Crippen molar-refractivity contribution < 1.29 is 0 Å². The largest absolute Gasteiger partial charge is 0.399 e. The fraction of sp³-hybridized carbons (Fsp3) is 0.385. The van der Waals surface area contributed by atoms with Crippen molar-refractivity contribution in [3.8, 4) is 0 Å². The molecule has 2 rings (SSSR count). The van der Waals surface area contributed by atoms with Crippen molar-refractivity contribution in [1.29, 1.82) is 0 Å². The minimum atomic E-state index is -0.136. The number of unbranched alkanes of at least 4 members (excludes halogenated alkanes) is 1. The molecule has 0 unspecified atom stereocenters. The zero-order chi connectivity index (χ0) is 13.7. The van der Waals surface area contributed by atoms with E-state index in [1.54, 1.807) is 16.3 Å². The first-order valence-corrected chi connectivity index (χ1v) is 7.31. The topological polar surface area (TPSA) is 76.7 Å². The van der Waals surface area contributed by atoms with E-state index in [4.69, 9.17) is 5.73 Å². The molecule has 0 aliphatic rings. The maximum atomic E-state index is 11.6. The molecule has 102 valence electrons. The molecule has 6 heteroatoms. The van der Waals surface area contributed by atoms with Crippen LogP contribution in [-0.4, -0.2) is 14.8 Å². The lowest BCUT2D eigenvalue weighted by molar-refractivity contribution is 0.573. The van der Waals surface area contributed by atoms with Gasteiger partial charge in [0.05, 0.1) is 0 Å². The van der Waals surface area contributed by atoms with Crippen LogP contribution in [0, 0.1) is 0 Å². The average Bonchev–Trinajstić information content (AvgIpc) is 2.75. The number of anilines is 1. The first-order valence-electron chi connectivity index (χ1n) is 6.33. The quantitative estimate of drug-likeness (QED) is 0.627. The number of hydrogen-bond acceptors (Lipinski definition) is 4. The van der Waals surface area contributed by atoms with Gasteiger partial charge in [0, 0.05) is 18.0 Å². The molecule has 0 radical (unpaired) electrons. The van der Waals surface area contributed by atoms with Gasteiger partial charge in [-0.25, -0.2) is 9.89 Å². The average molecular weight is 278 g/mol. The third-order valence-electron chi connectivity index (χ3n) is 2.78. The number of nitrogens with two attached hydrogens (primary N) is 1. The Morgan fingerprint density at radius 2 is 2.32 bits per heavy atom. The monoisotopic (exact) mass is 278 g/mol. The Morgan fingerprint density at radius 3 is 3.05 bits per heavy atom. The van der Waals surface area contributed by atoms with Gasteiger partial charge in [-0.2, -0.15) is 0 Å². The number of aromatic nitrogens is 3. The summed E-state index contributed by atoms with van der Waals surface area (Å²) in [6.07, 6.45) is 2.03. The smallest absolute Gasteiger partial charge is 0.343 e. The van der Waals surface area contributed by atoms with Crippen molar-refractivity contribution in [2.24, 2.45) is 0 Å². The lowest BCUT2D eigenvalue weighted by Crippen LogP contribution is -2.17. The van der Waals surface area contributed by atoms with Gasteiger partial charge >= 0.3 is 5.69 Å². The van der Waals surface area contributed by atoms with Crippen LogP contribution in [0.3, 0.4) is 0 Å². The molecular weight excluding hydrogens is 260 g/mol. The second-order valence-electron chi connectivity index (χ2n) is 4.35. The van der Waals surface area contributed by atoms with Crippen LogP contribution >= 0.6 is 11.8 Å². The molecule has 5 nitrogen and oxygen atoms in total. The van der Waals surface area contributed by atoms with Crippen molar-refractivity contribution in [2.75, 3.05) is 5.73 Å². The molecule has 19 heavy (non-hydrogen) atoms. The third-order valence-corrected chi connectivity index (χ3v) is 3.83. The van der Waals surface area contributed by atoms with Crippen molar-refractivity contribution in [2.45, 2.75) is 37.2 Å². The lowest BCUT2D eigenvalue weighted by Gasteiger charge is -2.05. The molecule has 0 aliphatic carbocycles. The summed E-state index contributed by atoms with van der Waals surface area (Å²) in [5.74, 6) is 0.751. The molecule has 0 atom stereocenters. The zero-order valence-corrected chi connectivity index (χ0v) is 11.7. The van der Waals surface area contributed by atoms with E-state index in [2.05, 4.69) is 17.1 Å². The molecule has 2 aromatic rings. The lowest BCUT2D eigenvalue weighted by atomic mass is 10.2. The van der Waals surface area contributed by atoms with E-state index >= 15 is 0 Å². The van der Waals surface area contributed by atoms with Crippen molar-refractivity contribution >= 4 is 17.4 Å². The first-order chi connectivity index (χ1) is 9.20. The highest BCUT2D eigenvalue weighted by atomic mass is 32.2. The number of nitrogens with one attached hydrogen (secondary N) is 1. The highest BCUT2D eigenvalue weighted by Crippen LogP contribution is 2.20. The summed E-state index contributed by atoms with van der Waals surface area (Å²) < 4.78 is 1.69. The number of H-pyrrole nitrogens is 1. The minimum absolute atomic E-state index is 0.136. The van der Waals surface area contributed by atoms with Crippen molar-refractivity contribution in [3.05, 3.63) is 40.3 Å². The van der Waals surface area contributed by atoms with E-state index < -0.39 is 0 Å². The van der Waals surface area contributed by atoms with Gasteiger partial charge in [-0.1, -0.05) is 37.2 Å². The minimum Gasteiger partial charge on any atom is -0.399 e. The van der Waals surface area contributed by atoms with Crippen molar-refractivity contribution in [1.82, 2.24) is 14.8 Å². The molecule has 1 heterocycles. The molecule has 0 spiro atoms. The number of rotatable bonds is 6. The molecule has 0 fully saturated rings. The Hall–Kier alpha value is -1.69. The van der Waals surface area contributed by atoms with Gasteiger partial charge in [0.2, 0.25) is 0 Å². The summed E-state index contributed by atoms with van der Waals surface area (Å²) in [5.41, 5.74) is 7.49. The van der Waals surface area contributed by atoms with Gasteiger partial charge in [0.1, 0.15) is 0 Å². The van der Waals surface area contributed by atoms with Crippen LogP contribution in [0.15, 0.2) is 34.2 Å². The Labute approximate surface area is 116 Å². The van der Waals surface area contributed by atoms with E-state index in [0.717, 1.165) is 35.0 Å². The second kappa shape index (κ2) is 6.47. The molecule has 0 saturated heterocycles. The van der Waals surface area contributed by atoms with Gasteiger partial charge in [0.25, 0.3) is 0 Å². The van der Waals surface area contributed by atoms with Crippen LogP contribution in [0.1, 0.15) is 25.3 Å². The predicted molar refractivity (Wildman–Crippen MR) is 78.2 cm³/mol. The summed E-state index contributed by atoms with van der Waals surface area (Å²) >= 11 is 1.55. The number of nitrogen functional groups attached to an aromatic ring is 1. The number of hydrogen-bond donors (Lipinski definition) is 2. The van der Waals surface area contributed by atoms with Crippen LogP contribution in [0.25, 0.3) is 0 Å². The molecule has 0 saturated carbocycles. The molecule has 0 aliphatic heterocycles. The number of thioether (sulfide) groups is 1. The number of nitrogens with zero attached hydrogens (tertiary/aromatic N) is 2. The summed E-state index contributed by atoms with van der Waals surface area (Å²) in [6.45, 7) is 2.82. The van der Waals surface area contributed by atoms with Crippen LogP contribution in [0.5, 0.6) is 0 Å². The van der Waals surface area contributed by atoms with Gasteiger partial charge in [-0.05, 0) is 24.1 Å². The predicted octanol–water partition coefficient (Wildman–Crippen LogP) is 2.25. The van der Waals surface area contributed by atoms with E-state index in [0.29, 0.717) is 6.54 Å². The number of benzene rings is 1. The molecule has 1 aromatic carbocycles. The zero-order valence-electron chi connectivity index (χ0n) is 10.9. The Morgan fingerprint density at radius 1 is 1.47 bits per heavy atom. The van der Waals surface area contributed by atoms with Gasteiger partial charge in [0.15, 0.2) is 5.16 Å². The van der Waals surface area contributed by atoms with E-state index in [9.17, 15) is 4.79 Å². The van der Waals surface area contributed by atoms with Gasteiger partial charge < -0.3 is 5.73 Å². The van der Waals surface area contributed by atoms with E-state index in [-0.39, 0.29) is 5.69 Å². The molecule has 0 amide bonds. The SMILES string of the molecule is CCCCn1c(SCc2cccc(N)c2)n[nH]c1=O.